The Labute approximate surface area is 276 Å². The zero-order chi connectivity index (χ0) is 34.7. The second-order valence-electron chi connectivity index (χ2n) is 15.3. The van der Waals surface area contributed by atoms with Crippen LogP contribution in [0.25, 0.3) is 0 Å². The van der Waals surface area contributed by atoms with Gasteiger partial charge in [0.15, 0.2) is 0 Å². The topological polar surface area (TPSA) is 177 Å². The number of Topliss-reactive ketones (excluding diaryl/α,β-unsaturated/α-hetero) is 1. The minimum atomic E-state index is -1.18. The Morgan fingerprint density at radius 1 is 0.844 bits per heavy atom. The average Bonchev–Trinajstić information content (AvgIpc) is 3.29. The Morgan fingerprint density at radius 3 is 1.80 bits per heavy atom. The van der Waals surface area contributed by atoms with E-state index in [-0.39, 0.29) is 25.3 Å². The molecule has 0 spiro atoms. The molecule has 1 unspecified atom stereocenters. The Bertz CT molecular complexity index is 1140. The second kappa shape index (κ2) is 14.9. The number of carbonyl (C=O) groups is 6. The van der Waals surface area contributed by atoms with Crippen LogP contribution in [0.5, 0.6) is 0 Å². The summed E-state index contributed by atoms with van der Waals surface area (Å²) in [6, 6.07) is -5.28. The summed E-state index contributed by atoms with van der Waals surface area (Å²) in [6.07, 6.45) is 3.26. The number of halogens is 2. The predicted molar refractivity (Wildman–Crippen MR) is 171 cm³/mol. The van der Waals surface area contributed by atoms with Gasteiger partial charge in [-0.1, -0.05) is 60.8 Å². The lowest BCUT2D eigenvalue weighted by molar-refractivity contribution is -0.160. The van der Waals surface area contributed by atoms with E-state index in [4.69, 9.17) is 33.7 Å². The van der Waals surface area contributed by atoms with Gasteiger partial charge in [0.25, 0.3) is 5.91 Å². The van der Waals surface area contributed by atoms with Crippen molar-refractivity contribution < 1.29 is 33.5 Å². The van der Waals surface area contributed by atoms with E-state index >= 15 is 0 Å². The van der Waals surface area contributed by atoms with Gasteiger partial charge in [-0.25, -0.2) is 9.59 Å². The molecule has 2 fully saturated rings. The Hall–Kier alpha value is -2.60. The predicted octanol–water partition coefficient (Wildman–Crippen LogP) is 3.21. The highest BCUT2D eigenvalue weighted by molar-refractivity contribution is 6.44. The van der Waals surface area contributed by atoms with E-state index in [1.165, 1.54) is 4.90 Å². The Morgan fingerprint density at radius 2 is 1.38 bits per heavy atom. The van der Waals surface area contributed by atoms with Crippen LogP contribution < -0.4 is 21.7 Å². The van der Waals surface area contributed by atoms with Crippen LogP contribution in [-0.4, -0.2) is 81.6 Å². The molecular formula is C31H51Cl2N5O7. The summed E-state index contributed by atoms with van der Waals surface area (Å²) in [4.78, 5) is 78.9. The summed E-state index contributed by atoms with van der Waals surface area (Å²) in [7, 11) is 0. The molecule has 0 bridgehead atoms. The number of urea groups is 1. The van der Waals surface area contributed by atoms with Gasteiger partial charge in [-0.05, 0) is 50.4 Å². The number of ether oxygens (including phenoxy) is 1. The number of carbonyl (C=O) groups excluding carboxylic acids is 6. The van der Waals surface area contributed by atoms with E-state index in [1.54, 1.807) is 62.3 Å². The lowest BCUT2D eigenvalue weighted by atomic mass is 9.80. The SMILES string of the molecule is CC(C)(C)OC(=O)[C@@H](NC(=O)N[C@H](C(=O)N1CC[C@H](C(Cl)Cl)[C@H]1C(=O)NC(CC1CCC1)C(=O)C(N)=O)C(C)(C)C)C(C)(C)C. The fourth-order valence-electron chi connectivity index (χ4n) is 5.49. The smallest absolute Gasteiger partial charge is 0.329 e. The van der Waals surface area contributed by atoms with Crippen molar-refractivity contribution in [3.63, 3.8) is 0 Å². The molecule has 1 saturated carbocycles. The fourth-order valence-corrected chi connectivity index (χ4v) is 6.02. The third-order valence-electron chi connectivity index (χ3n) is 8.16. The third-order valence-corrected chi connectivity index (χ3v) is 8.81. The lowest BCUT2D eigenvalue weighted by Crippen LogP contribution is -2.62. The first-order chi connectivity index (χ1) is 20.4. The van der Waals surface area contributed by atoms with Gasteiger partial charge in [-0.2, -0.15) is 0 Å². The molecule has 2 aliphatic rings. The van der Waals surface area contributed by atoms with E-state index in [1.807, 2.05) is 0 Å². The molecular weight excluding hydrogens is 625 g/mol. The molecule has 5 N–H and O–H groups in total. The number of primary amides is 1. The van der Waals surface area contributed by atoms with Crippen LogP contribution in [0.1, 0.15) is 94.4 Å². The monoisotopic (exact) mass is 675 g/mol. The molecule has 14 heteroatoms. The number of alkyl halides is 2. The number of hydrogen-bond acceptors (Lipinski definition) is 7. The van der Waals surface area contributed by atoms with E-state index in [2.05, 4.69) is 16.0 Å². The van der Waals surface area contributed by atoms with E-state index in [0.717, 1.165) is 19.3 Å². The normalized spacial score (nSPS) is 21.3. The molecule has 0 aromatic carbocycles. The van der Waals surface area contributed by atoms with Gasteiger partial charge in [0.05, 0.1) is 6.04 Å². The van der Waals surface area contributed by atoms with Gasteiger partial charge in [-0.3, -0.25) is 19.2 Å². The summed E-state index contributed by atoms with van der Waals surface area (Å²) in [5, 5.41) is 8.03. The maximum atomic E-state index is 14.2. The first-order valence-electron chi connectivity index (χ1n) is 15.5. The van der Waals surface area contributed by atoms with Gasteiger partial charge in [-0.15, -0.1) is 23.2 Å². The average molecular weight is 677 g/mol. The quantitative estimate of drug-likeness (QED) is 0.148. The highest BCUT2D eigenvalue weighted by atomic mass is 35.5. The molecule has 1 aliphatic heterocycles. The number of hydrogen-bond donors (Lipinski definition) is 4. The van der Waals surface area contributed by atoms with Gasteiger partial charge in [0.2, 0.25) is 17.6 Å². The Balaban J connectivity index is 2.34. The van der Waals surface area contributed by atoms with Crippen LogP contribution >= 0.6 is 23.2 Å². The van der Waals surface area contributed by atoms with E-state index in [0.29, 0.717) is 0 Å². The maximum Gasteiger partial charge on any atom is 0.329 e. The number of nitrogens with zero attached hydrogens (tertiary/aromatic N) is 1. The lowest BCUT2D eigenvalue weighted by Gasteiger charge is -2.38. The van der Waals surface area contributed by atoms with Crippen molar-refractivity contribution in [2.45, 2.75) is 129 Å². The number of esters is 1. The zero-order valence-corrected chi connectivity index (χ0v) is 29.4. The van der Waals surface area contributed by atoms with Crippen LogP contribution in [0.2, 0.25) is 0 Å². The molecule has 45 heavy (non-hydrogen) atoms. The molecule has 2 rings (SSSR count). The first kappa shape index (κ1) is 38.6. The third kappa shape index (κ3) is 10.7. The van der Waals surface area contributed by atoms with Crippen LogP contribution in [0, 0.1) is 22.7 Å². The molecule has 256 valence electrons. The Kier molecular flexibility index (Phi) is 12.8. The van der Waals surface area contributed by atoms with Crippen molar-refractivity contribution in [3.05, 3.63) is 0 Å². The van der Waals surface area contributed by atoms with E-state index in [9.17, 15) is 28.8 Å². The van der Waals surface area contributed by atoms with E-state index < -0.39 is 86.9 Å². The molecule has 1 saturated heterocycles. The first-order valence-corrected chi connectivity index (χ1v) is 16.3. The van der Waals surface area contributed by atoms with Crippen molar-refractivity contribution in [1.82, 2.24) is 20.9 Å². The van der Waals surface area contributed by atoms with Gasteiger partial charge < -0.3 is 31.3 Å². The number of likely N-dealkylation sites (tertiary alicyclic amines) is 1. The minimum absolute atomic E-state index is 0.104. The molecule has 1 heterocycles. The van der Waals surface area contributed by atoms with Gasteiger partial charge in [0.1, 0.15) is 28.6 Å². The van der Waals surface area contributed by atoms with Crippen molar-refractivity contribution >= 4 is 58.7 Å². The minimum Gasteiger partial charge on any atom is -0.458 e. The summed E-state index contributed by atoms with van der Waals surface area (Å²) in [5.41, 5.74) is 2.93. The number of rotatable bonds is 11. The van der Waals surface area contributed by atoms with Gasteiger partial charge >= 0.3 is 12.0 Å². The van der Waals surface area contributed by atoms with Crippen LogP contribution in [0.4, 0.5) is 4.79 Å². The van der Waals surface area contributed by atoms with Crippen molar-refractivity contribution in [3.8, 4) is 0 Å². The molecule has 5 amide bonds. The highest BCUT2D eigenvalue weighted by Crippen LogP contribution is 2.35. The fraction of sp³-hybridized carbons (Fsp3) is 0.806. The largest absolute Gasteiger partial charge is 0.458 e. The number of nitrogens with two attached hydrogens (primary N) is 1. The number of ketones is 1. The van der Waals surface area contributed by atoms with Crippen LogP contribution in [-0.2, 0) is 28.7 Å². The zero-order valence-electron chi connectivity index (χ0n) is 27.9. The van der Waals surface area contributed by atoms with Crippen molar-refractivity contribution in [1.29, 1.82) is 0 Å². The summed E-state index contributed by atoms with van der Waals surface area (Å²) >= 11 is 12.5. The molecule has 0 aromatic rings. The highest BCUT2D eigenvalue weighted by Gasteiger charge is 2.49. The maximum absolute atomic E-state index is 14.2. The molecule has 5 atom stereocenters. The summed E-state index contributed by atoms with van der Waals surface area (Å²) in [6.45, 7) is 15.8. The molecule has 1 aliphatic carbocycles. The van der Waals surface area contributed by atoms with Crippen LogP contribution in [0.15, 0.2) is 0 Å². The standard InChI is InChI=1S/C31H51Cl2N5O7/c1-29(2,3)21(36-28(44)37-22(30(4,5)6)27(43)45-31(7,8)9)26(42)38-14-13-17(23(32)33)19(38)25(41)35-18(20(39)24(34)40)15-16-11-10-12-16/h16-19,21-23H,10-15H2,1-9H3,(H2,34,40)(H,35,41)(H2,36,37,44)/t17-,18?,19-,21+,22+/m0/s1. The molecule has 0 radical (unpaired) electrons. The van der Waals surface area contributed by atoms with Crippen LogP contribution in [0.3, 0.4) is 0 Å². The molecule has 0 aromatic heterocycles. The second-order valence-corrected chi connectivity index (χ2v) is 16.5. The molecule has 12 nitrogen and oxygen atoms in total. The number of amides is 5. The summed E-state index contributed by atoms with van der Waals surface area (Å²) in [5.74, 6) is -4.49. The number of nitrogens with one attached hydrogen (secondary N) is 3. The van der Waals surface area contributed by atoms with Crippen molar-refractivity contribution in [2.75, 3.05) is 6.54 Å². The van der Waals surface area contributed by atoms with Gasteiger partial charge in [0, 0.05) is 12.5 Å². The summed E-state index contributed by atoms with van der Waals surface area (Å²) < 4.78 is 5.52. The van der Waals surface area contributed by atoms with Crippen molar-refractivity contribution in [2.24, 2.45) is 28.4 Å².